The van der Waals surface area contributed by atoms with Crippen LogP contribution in [0.4, 0.5) is 18.3 Å². The van der Waals surface area contributed by atoms with Crippen LogP contribution in [0, 0.1) is 5.92 Å². The molecule has 1 amide bonds. The summed E-state index contributed by atoms with van der Waals surface area (Å²) >= 11 is 1.49. The number of halogens is 3. The summed E-state index contributed by atoms with van der Waals surface area (Å²) in [7, 11) is 0. The highest BCUT2D eigenvalue weighted by atomic mass is 32.1. The van der Waals surface area contributed by atoms with Crippen LogP contribution < -0.4 is 10.6 Å². The summed E-state index contributed by atoms with van der Waals surface area (Å²) in [5, 5.41) is 6.84. The van der Waals surface area contributed by atoms with Crippen LogP contribution >= 0.6 is 11.3 Å². The molecular formula is C19H22F3N3OS. The van der Waals surface area contributed by atoms with Gasteiger partial charge in [-0.3, -0.25) is 4.79 Å². The number of nitrogens with zero attached hydrogens (tertiary/aromatic N) is 1. The van der Waals surface area contributed by atoms with Gasteiger partial charge in [-0.05, 0) is 55.8 Å². The van der Waals surface area contributed by atoms with Crippen LogP contribution in [0.1, 0.15) is 35.8 Å². The molecule has 1 aromatic carbocycles. The van der Waals surface area contributed by atoms with E-state index in [1.54, 1.807) is 18.3 Å². The maximum Gasteiger partial charge on any atom is 0.416 e. The molecule has 2 aromatic rings. The van der Waals surface area contributed by atoms with Crippen LogP contribution in [-0.2, 0) is 23.8 Å². The van der Waals surface area contributed by atoms with Crippen molar-refractivity contribution in [3.63, 3.8) is 0 Å². The third-order valence-electron chi connectivity index (χ3n) is 4.71. The third kappa shape index (κ3) is 5.77. The van der Waals surface area contributed by atoms with Gasteiger partial charge in [0.05, 0.1) is 5.56 Å². The van der Waals surface area contributed by atoms with Gasteiger partial charge in [0.25, 0.3) is 0 Å². The van der Waals surface area contributed by atoms with Gasteiger partial charge in [-0.1, -0.05) is 12.1 Å². The molecule has 2 unspecified atom stereocenters. The average Bonchev–Trinajstić information content (AvgIpc) is 3.02. The van der Waals surface area contributed by atoms with Crippen LogP contribution in [0.15, 0.2) is 30.5 Å². The van der Waals surface area contributed by atoms with Gasteiger partial charge < -0.3 is 10.6 Å². The first kappa shape index (κ1) is 19.8. The van der Waals surface area contributed by atoms with Crippen molar-refractivity contribution in [2.24, 2.45) is 5.92 Å². The van der Waals surface area contributed by atoms with Crippen LogP contribution in [0.2, 0.25) is 0 Å². The zero-order valence-corrected chi connectivity index (χ0v) is 15.8. The lowest BCUT2D eigenvalue weighted by atomic mass is 9.88. The van der Waals surface area contributed by atoms with E-state index >= 15 is 0 Å². The first-order valence-electron chi connectivity index (χ1n) is 8.91. The Bertz CT molecular complexity index is 765. The Kier molecular flexibility index (Phi) is 6.16. The van der Waals surface area contributed by atoms with E-state index in [2.05, 4.69) is 15.6 Å². The highest BCUT2D eigenvalue weighted by Gasteiger charge is 2.30. The summed E-state index contributed by atoms with van der Waals surface area (Å²) in [6, 6.07) is 5.83. The van der Waals surface area contributed by atoms with Crippen molar-refractivity contribution in [3.8, 4) is 0 Å². The zero-order chi connectivity index (χ0) is 19.4. The maximum atomic E-state index is 12.6. The molecule has 3 rings (SSSR count). The number of amides is 1. The number of aromatic nitrogens is 1. The minimum absolute atomic E-state index is 0.127. The molecule has 1 aliphatic rings. The second-order valence-corrected chi connectivity index (χ2v) is 8.08. The molecule has 2 heterocycles. The molecule has 27 heavy (non-hydrogen) atoms. The van der Waals surface area contributed by atoms with Gasteiger partial charge in [0.2, 0.25) is 5.91 Å². The zero-order valence-electron chi connectivity index (χ0n) is 15.0. The molecule has 0 radical (unpaired) electrons. The van der Waals surface area contributed by atoms with Crippen molar-refractivity contribution in [2.75, 3.05) is 11.9 Å². The number of benzene rings is 1. The molecule has 4 nitrogen and oxygen atoms in total. The van der Waals surface area contributed by atoms with E-state index in [0.717, 1.165) is 54.8 Å². The summed E-state index contributed by atoms with van der Waals surface area (Å²) in [6.45, 7) is 2.31. The topological polar surface area (TPSA) is 54.0 Å². The minimum Gasteiger partial charge on any atom is -0.313 e. The van der Waals surface area contributed by atoms with Crippen LogP contribution in [0.25, 0.3) is 0 Å². The molecule has 146 valence electrons. The normalized spacial score (nSPS) is 20.4. The van der Waals surface area contributed by atoms with Crippen molar-refractivity contribution < 1.29 is 18.0 Å². The van der Waals surface area contributed by atoms with E-state index in [1.807, 2.05) is 0 Å². The first-order chi connectivity index (χ1) is 12.8. The Balaban J connectivity index is 1.46. The Morgan fingerprint density at radius 2 is 2.00 bits per heavy atom. The molecule has 1 aromatic heterocycles. The molecule has 1 fully saturated rings. The Labute approximate surface area is 160 Å². The van der Waals surface area contributed by atoms with Crippen LogP contribution in [0.3, 0.4) is 0 Å². The lowest BCUT2D eigenvalue weighted by molar-refractivity contribution is -0.137. The van der Waals surface area contributed by atoms with Gasteiger partial charge in [0, 0.05) is 24.0 Å². The van der Waals surface area contributed by atoms with Crippen molar-refractivity contribution in [1.29, 1.82) is 0 Å². The van der Waals surface area contributed by atoms with E-state index in [4.69, 9.17) is 0 Å². The van der Waals surface area contributed by atoms with E-state index in [1.165, 1.54) is 18.3 Å². The monoisotopic (exact) mass is 397 g/mol. The summed E-state index contributed by atoms with van der Waals surface area (Å²) in [5.74, 6) is 0.298. The summed E-state index contributed by atoms with van der Waals surface area (Å²) in [5.41, 5.74) is 0.340. The van der Waals surface area contributed by atoms with E-state index in [0.29, 0.717) is 17.1 Å². The SMILES string of the molecule is CC(=O)Nc1ncc(CC2CCC(Cc3ccc(C(F)(F)F)cc3)CN2)s1. The number of hydrogen-bond acceptors (Lipinski definition) is 4. The number of nitrogens with one attached hydrogen (secondary N) is 2. The van der Waals surface area contributed by atoms with Crippen molar-refractivity contribution in [3.05, 3.63) is 46.5 Å². The third-order valence-corrected chi connectivity index (χ3v) is 5.64. The number of carbonyl (C=O) groups excluding carboxylic acids is 1. The first-order valence-corrected chi connectivity index (χ1v) is 9.73. The largest absolute Gasteiger partial charge is 0.416 e. The predicted molar refractivity (Wildman–Crippen MR) is 99.8 cm³/mol. The van der Waals surface area contributed by atoms with E-state index in [9.17, 15) is 18.0 Å². The van der Waals surface area contributed by atoms with Gasteiger partial charge in [0.15, 0.2) is 5.13 Å². The standard InChI is InChI=1S/C19H22F3N3OS/c1-12(26)25-18-24-11-17(27-18)9-16-7-4-14(10-23-16)8-13-2-5-15(6-3-13)19(20,21)22/h2-3,5-6,11,14,16,23H,4,7-10H2,1H3,(H,24,25,26). The van der Waals surface area contributed by atoms with Crippen LogP contribution in [0.5, 0.6) is 0 Å². The van der Waals surface area contributed by atoms with Gasteiger partial charge in [-0.15, -0.1) is 11.3 Å². The van der Waals surface area contributed by atoms with Gasteiger partial charge >= 0.3 is 6.18 Å². The number of anilines is 1. The van der Waals surface area contributed by atoms with Crippen molar-refractivity contribution in [1.82, 2.24) is 10.3 Å². The fourth-order valence-electron chi connectivity index (χ4n) is 3.34. The van der Waals surface area contributed by atoms with Crippen LogP contribution in [-0.4, -0.2) is 23.5 Å². The summed E-state index contributed by atoms with van der Waals surface area (Å²) < 4.78 is 37.9. The number of piperidine rings is 1. The highest BCUT2D eigenvalue weighted by Crippen LogP contribution is 2.30. The Morgan fingerprint density at radius 1 is 1.26 bits per heavy atom. The Hall–Kier alpha value is -1.93. The molecule has 1 aliphatic heterocycles. The van der Waals surface area contributed by atoms with Gasteiger partial charge in [-0.25, -0.2) is 4.98 Å². The van der Waals surface area contributed by atoms with E-state index < -0.39 is 11.7 Å². The highest BCUT2D eigenvalue weighted by molar-refractivity contribution is 7.15. The van der Waals surface area contributed by atoms with Crippen molar-refractivity contribution >= 4 is 22.4 Å². The number of alkyl halides is 3. The molecule has 1 saturated heterocycles. The summed E-state index contributed by atoms with van der Waals surface area (Å²) in [6.07, 6.45) is 1.21. The smallest absolute Gasteiger partial charge is 0.313 e. The lowest BCUT2D eigenvalue weighted by Crippen LogP contribution is -2.40. The quantitative estimate of drug-likeness (QED) is 0.792. The predicted octanol–water partition coefficient (Wildman–Crippen LogP) is 4.27. The molecule has 2 atom stereocenters. The lowest BCUT2D eigenvalue weighted by Gasteiger charge is -2.29. The van der Waals surface area contributed by atoms with Crippen molar-refractivity contribution in [2.45, 2.75) is 44.8 Å². The molecule has 0 aliphatic carbocycles. The molecule has 2 N–H and O–H groups in total. The second-order valence-electron chi connectivity index (χ2n) is 6.96. The maximum absolute atomic E-state index is 12.6. The van der Waals surface area contributed by atoms with Gasteiger partial charge in [0.1, 0.15) is 0 Å². The minimum atomic E-state index is -4.28. The average molecular weight is 397 g/mol. The molecular weight excluding hydrogens is 375 g/mol. The van der Waals surface area contributed by atoms with Gasteiger partial charge in [-0.2, -0.15) is 13.2 Å². The molecule has 8 heteroatoms. The Morgan fingerprint density at radius 3 is 2.59 bits per heavy atom. The number of hydrogen-bond donors (Lipinski definition) is 2. The van der Waals surface area contributed by atoms with E-state index in [-0.39, 0.29) is 5.91 Å². The summed E-state index contributed by atoms with van der Waals surface area (Å²) in [4.78, 5) is 16.4. The second kappa shape index (κ2) is 8.39. The molecule has 0 spiro atoms. The number of rotatable bonds is 5. The number of thiazole rings is 1. The number of carbonyl (C=O) groups is 1. The molecule has 0 bridgehead atoms. The molecule has 0 saturated carbocycles. The fraction of sp³-hybridized carbons (Fsp3) is 0.474. The fourth-order valence-corrected chi connectivity index (χ4v) is 4.28.